The van der Waals surface area contributed by atoms with Crippen molar-refractivity contribution in [3.8, 4) is 5.69 Å². The summed E-state index contributed by atoms with van der Waals surface area (Å²) in [5, 5.41) is 10.8. The summed E-state index contributed by atoms with van der Waals surface area (Å²) < 4.78 is 15.7. The van der Waals surface area contributed by atoms with Crippen molar-refractivity contribution >= 4 is 35.0 Å². The molecular weight excluding hydrogens is 481 g/mol. The molecule has 0 radical (unpaired) electrons. The van der Waals surface area contributed by atoms with Crippen LogP contribution in [-0.4, -0.2) is 39.7 Å². The fourth-order valence-corrected chi connectivity index (χ4v) is 3.52. The highest BCUT2D eigenvalue weighted by Gasteiger charge is 2.23. The fraction of sp³-hybridized carbons (Fsp3) is 0.370. The summed E-state index contributed by atoms with van der Waals surface area (Å²) >= 11 is 6.04. The molecule has 0 spiro atoms. The molecule has 3 aromatic rings. The second-order valence-electron chi connectivity index (χ2n) is 10.1. The van der Waals surface area contributed by atoms with Gasteiger partial charge < -0.3 is 15.5 Å². The number of benzene rings is 2. The van der Waals surface area contributed by atoms with E-state index in [1.165, 1.54) is 17.0 Å². The lowest BCUT2D eigenvalue weighted by Crippen LogP contribution is -2.41. The maximum atomic E-state index is 14.1. The predicted octanol–water partition coefficient (Wildman–Crippen LogP) is 6.48. The number of urea groups is 1. The Hall–Kier alpha value is -3.39. The second-order valence-corrected chi connectivity index (χ2v) is 10.6. The second kappa shape index (κ2) is 11.6. The molecule has 3 rings (SSSR count). The molecule has 1 aromatic heterocycles. The van der Waals surface area contributed by atoms with Crippen LogP contribution in [0.4, 0.5) is 20.7 Å². The standard InChI is InChI=1S/C27H33ClFN5O2/c1-18(2)14-15-33(26(36)30-22-9-7-6-8-21(22)29)17-25(35)31-24-16-23(27(3,4)5)32-34(24)20-12-10-19(28)11-13-20/h6-13,16,18H,14-15,17H2,1-5H3,(H,30,36)(H,31,35). The number of nitrogens with zero attached hydrogens (tertiary/aromatic N) is 3. The third-order valence-corrected chi connectivity index (χ3v) is 5.78. The molecule has 2 aromatic carbocycles. The van der Waals surface area contributed by atoms with Crippen LogP contribution in [0.15, 0.2) is 54.6 Å². The van der Waals surface area contributed by atoms with Gasteiger partial charge in [-0.1, -0.05) is 58.4 Å². The van der Waals surface area contributed by atoms with E-state index in [0.717, 1.165) is 11.4 Å². The van der Waals surface area contributed by atoms with E-state index in [4.69, 9.17) is 16.7 Å². The van der Waals surface area contributed by atoms with Crippen LogP contribution in [-0.2, 0) is 10.2 Å². The number of amides is 3. The van der Waals surface area contributed by atoms with Crippen molar-refractivity contribution in [1.29, 1.82) is 0 Å². The van der Waals surface area contributed by atoms with Crippen molar-refractivity contribution in [3.05, 3.63) is 71.1 Å². The lowest BCUT2D eigenvalue weighted by Gasteiger charge is -2.23. The van der Waals surface area contributed by atoms with Gasteiger partial charge in [0.15, 0.2) is 0 Å². The molecule has 0 saturated carbocycles. The van der Waals surface area contributed by atoms with Gasteiger partial charge >= 0.3 is 6.03 Å². The number of hydrogen-bond acceptors (Lipinski definition) is 3. The first-order chi connectivity index (χ1) is 16.9. The minimum Gasteiger partial charge on any atom is -0.315 e. The van der Waals surface area contributed by atoms with E-state index in [9.17, 15) is 14.0 Å². The Morgan fingerprint density at radius 3 is 2.36 bits per heavy atom. The molecule has 0 atom stereocenters. The van der Waals surface area contributed by atoms with Crippen LogP contribution in [0, 0.1) is 11.7 Å². The molecule has 2 N–H and O–H groups in total. The van der Waals surface area contributed by atoms with Crippen molar-refractivity contribution in [1.82, 2.24) is 14.7 Å². The van der Waals surface area contributed by atoms with Gasteiger partial charge in [0.2, 0.25) is 5.91 Å². The third-order valence-electron chi connectivity index (χ3n) is 5.53. The molecule has 0 bridgehead atoms. The molecule has 9 heteroatoms. The first-order valence-electron chi connectivity index (χ1n) is 11.9. The fourth-order valence-electron chi connectivity index (χ4n) is 3.39. The van der Waals surface area contributed by atoms with Crippen molar-refractivity contribution in [2.75, 3.05) is 23.7 Å². The summed E-state index contributed by atoms with van der Waals surface area (Å²) in [5.41, 5.74) is 1.34. The average molecular weight is 514 g/mol. The minimum absolute atomic E-state index is 0.0630. The van der Waals surface area contributed by atoms with Gasteiger partial charge in [0.25, 0.3) is 0 Å². The molecule has 36 heavy (non-hydrogen) atoms. The highest BCUT2D eigenvalue weighted by molar-refractivity contribution is 6.30. The highest BCUT2D eigenvalue weighted by atomic mass is 35.5. The molecule has 7 nitrogen and oxygen atoms in total. The highest BCUT2D eigenvalue weighted by Crippen LogP contribution is 2.27. The molecule has 0 aliphatic heterocycles. The van der Waals surface area contributed by atoms with Crippen LogP contribution in [0.5, 0.6) is 0 Å². The van der Waals surface area contributed by atoms with Crippen LogP contribution in [0.3, 0.4) is 0 Å². The molecule has 192 valence electrons. The predicted molar refractivity (Wildman–Crippen MR) is 142 cm³/mol. The van der Waals surface area contributed by atoms with Crippen molar-refractivity contribution in [3.63, 3.8) is 0 Å². The molecule has 0 aliphatic rings. The van der Waals surface area contributed by atoms with Crippen LogP contribution in [0.25, 0.3) is 5.69 Å². The maximum Gasteiger partial charge on any atom is 0.322 e. The lowest BCUT2D eigenvalue weighted by atomic mass is 9.92. The Labute approximate surface area is 216 Å². The summed E-state index contributed by atoms with van der Waals surface area (Å²) in [6, 6.07) is 14.3. The van der Waals surface area contributed by atoms with E-state index in [-0.39, 0.29) is 17.6 Å². The average Bonchev–Trinajstić information content (AvgIpc) is 3.22. The van der Waals surface area contributed by atoms with Crippen LogP contribution < -0.4 is 10.6 Å². The number of carbonyl (C=O) groups excluding carboxylic acids is 2. The molecular formula is C27H33ClFN5O2. The summed E-state index contributed by atoms with van der Waals surface area (Å²) in [7, 11) is 0. The Morgan fingerprint density at radius 1 is 1.08 bits per heavy atom. The zero-order valence-electron chi connectivity index (χ0n) is 21.3. The van der Waals surface area contributed by atoms with Crippen molar-refractivity contribution in [2.24, 2.45) is 5.92 Å². The SMILES string of the molecule is CC(C)CCN(CC(=O)Nc1cc(C(C)(C)C)nn1-c1ccc(Cl)cc1)C(=O)Nc1ccccc1F. The van der Waals surface area contributed by atoms with Gasteiger partial charge in [-0.3, -0.25) is 4.79 Å². The van der Waals surface area contributed by atoms with Gasteiger partial charge in [-0.05, 0) is 48.7 Å². The normalized spacial score (nSPS) is 11.4. The maximum absolute atomic E-state index is 14.1. The summed E-state index contributed by atoms with van der Waals surface area (Å²) in [4.78, 5) is 27.5. The minimum atomic E-state index is -0.544. The van der Waals surface area contributed by atoms with Crippen molar-refractivity contribution < 1.29 is 14.0 Å². The Morgan fingerprint density at radius 2 is 1.75 bits per heavy atom. The number of aromatic nitrogens is 2. The summed E-state index contributed by atoms with van der Waals surface area (Å²) in [6.07, 6.45) is 0.689. The quantitative estimate of drug-likeness (QED) is 0.361. The van der Waals surface area contributed by atoms with Gasteiger partial charge in [0.05, 0.1) is 17.1 Å². The number of hydrogen-bond donors (Lipinski definition) is 2. The largest absolute Gasteiger partial charge is 0.322 e. The van der Waals surface area contributed by atoms with E-state index in [1.54, 1.807) is 28.9 Å². The zero-order valence-corrected chi connectivity index (χ0v) is 22.1. The number of para-hydroxylation sites is 1. The number of nitrogens with one attached hydrogen (secondary N) is 2. The molecule has 0 aliphatic carbocycles. The van der Waals surface area contributed by atoms with Crippen LogP contribution in [0.2, 0.25) is 5.02 Å². The van der Waals surface area contributed by atoms with Gasteiger partial charge in [-0.2, -0.15) is 5.10 Å². The van der Waals surface area contributed by atoms with Gasteiger partial charge in [0.1, 0.15) is 18.2 Å². The number of rotatable bonds is 8. The van der Waals surface area contributed by atoms with Gasteiger partial charge in [-0.15, -0.1) is 0 Å². The topological polar surface area (TPSA) is 79.3 Å². The molecule has 0 saturated heterocycles. The number of anilines is 2. The molecule has 3 amide bonds. The van der Waals surface area contributed by atoms with E-state index in [2.05, 4.69) is 10.6 Å². The Bertz CT molecular complexity index is 1200. The molecule has 0 fully saturated rings. The van der Waals surface area contributed by atoms with E-state index in [1.807, 2.05) is 52.8 Å². The zero-order chi connectivity index (χ0) is 26.5. The van der Waals surface area contributed by atoms with E-state index < -0.39 is 17.8 Å². The monoisotopic (exact) mass is 513 g/mol. The van der Waals surface area contributed by atoms with Crippen molar-refractivity contribution in [2.45, 2.75) is 46.5 Å². The smallest absolute Gasteiger partial charge is 0.315 e. The van der Waals surface area contributed by atoms with Gasteiger partial charge in [-0.25, -0.2) is 13.9 Å². The number of carbonyl (C=O) groups is 2. The Kier molecular flexibility index (Phi) is 8.74. The van der Waals surface area contributed by atoms with E-state index >= 15 is 0 Å². The first kappa shape index (κ1) is 27.2. The lowest BCUT2D eigenvalue weighted by molar-refractivity contribution is -0.116. The van der Waals surface area contributed by atoms with Crippen LogP contribution >= 0.6 is 11.6 Å². The summed E-state index contributed by atoms with van der Waals surface area (Å²) in [6.45, 7) is 10.3. The van der Waals surface area contributed by atoms with Crippen LogP contribution in [0.1, 0.15) is 46.7 Å². The molecule has 0 unspecified atom stereocenters. The van der Waals surface area contributed by atoms with E-state index in [0.29, 0.717) is 29.7 Å². The molecule has 1 heterocycles. The Balaban J connectivity index is 1.82. The third kappa shape index (κ3) is 7.31. The first-order valence-corrected chi connectivity index (χ1v) is 12.3. The van der Waals surface area contributed by atoms with Gasteiger partial charge in [0, 0.05) is 23.0 Å². The summed E-state index contributed by atoms with van der Waals surface area (Å²) in [5.74, 6) is -0.137. The number of halogens is 2.